The number of hydrogen-bond acceptors (Lipinski definition) is 8. The molecule has 31 heavy (non-hydrogen) atoms. The van der Waals surface area contributed by atoms with E-state index in [1.807, 2.05) is 24.3 Å². The summed E-state index contributed by atoms with van der Waals surface area (Å²) < 4.78 is 5.21. The molecule has 10 nitrogen and oxygen atoms in total. The molecule has 0 unspecified atom stereocenters. The van der Waals surface area contributed by atoms with Crippen LogP contribution in [0.5, 0.6) is 5.75 Å². The zero-order valence-corrected chi connectivity index (χ0v) is 15.7. The van der Waals surface area contributed by atoms with E-state index in [4.69, 9.17) is 4.74 Å². The summed E-state index contributed by atoms with van der Waals surface area (Å²) in [6, 6.07) is 16.5. The Labute approximate surface area is 174 Å². The number of carbonyl (C=O) groups is 1. The molecule has 1 aromatic heterocycles. The third kappa shape index (κ3) is 4.17. The van der Waals surface area contributed by atoms with Gasteiger partial charge in [0.25, 0.3) is 11.4 Å². The summed E-state index contributed by atoms with van der Waals surface area (Å²) in [5.41, 5.74) is 1.42. The maximum Gasteiger partial charge on any atom is 0.344 e. The van der Waals surface area contributed by atoms with Gasteiger partial charge in [-0.05, 0) is 36.4 Å². The van der Waals surface area contributed by atoms with Crippen molar-refractivity contribution in [2.75, 3.05) is 0 Å². The number of nitrogens with zero attached hydrogens (tertiary/aromatic N) is 4. The van der Waals surface area contributed by atoms with Crippen molar-refractivity contribution in [3.05, 3.63) is 98.7 Å². The number of nitro groups is 2. The van der Waals surface area contributed by atoms with E-state index in [0.717, 1.165) is 34.8 Å². The van der Waals surface area contributed by atoms with E-state index in [2.05, 4.69) is 9.97 Å². The SMILES string of the molecule is O=C(Oc1ccc(-c2cnc3ccccc3n2)cc1)c1cc([N+](=O)[O-])cc([N+](=O)[O-])c1. The van der Waals surface area contributed by atoms with Crippen LogP contribution in [-0.4, -0.2) is 25.8 Å². The number of hydrogen-bond donors (Lipinski definition) is 0. The molecule has 0 N–H and O–H groups in total. The fraction of sp³-hybridized carbons (Fsp3) is 0. The molecule has 0 spiro atoms. The van der Waals surface area contributed by atoms with Crippen LogP contribution in [0.3, 0.4) is 0 Å². The van der Waals surface area contributed by atoms with Gasteiger partial charge in [0.2, 0.25) is 0 Å². The number of benzene rings is 3. The standard InChI is InChI=1S/C21H12N4O6/c26-21(14-9-15(24(27)28)11-16(10-14)25(29)30)31-17-7-5-13(6-8-17)20-12-22-18-3-1-2-4-19(18)23-20/h1-12H. The van der Waals surface area contributed by atoms with E-state index in [9.17, 15) is 25.0 Å². The van der Waals surface area contributed by atoms with Gasteiger partial charge in [-0.25, -0.2) is 9.78 Å². The van der Waals surface area contributed by atoms with Crippen molar-refractivity contribution >= 4 is 28.4 Å². The predicted molar refractivity (Wildman–Crippen MR) is 110 cm³/mol. The Morgan fingerprint density at radius 1 is 0.839 bits per heavy atom. The topological polar surface area (TPSA) is 138 Å². The van der Waals surface area contributed by atoms with Crippen LogP contribution < -0.4 is 4.74 Å². The summed E-state index contributed by atoms with van der Waals surface area (Å²) in [7, 11) is 0. The second-order valence-corrected chi connectivity index (χ2v) is 6.41. The number of esters is 1. The van der Waals surface area contributed by atoms with Crippen LogP contribution in [0.15, 0.2) is 72.9 Å². The first-order valence-electron chi connectivity index (χ1n) is 8.89. The zero-order valence-electron chi connectivity index (χ0n) is 15.7. The Morgan fingerprint density at radius 3 is 2.06 bits per heavy atom. The van der Waals surface area contributed by atoms with Gasteiger partial charge in [-0.2, -0.15) is 0 Å². The monoisotopic (exact) mass is 416 g/mol. The number of nitro benzene ring substituents is 2. The van der Waals surface area contributed by atoms with Crippen LogP contribution >= 0.6 is 0 Å². The van der Waals surface area contributed by atoms with Gasteiger partial charge in [-0.1, -0.05) is 12.1 Å². The maximum absolute atomic E-state index is 12.4. The molecule has 0 fully saturated rings. The predicted octanol–water partition coefficient (Wildman–Crippen LogP) is 4.33. The van der Waals surface area contributed by atoms with Crippen LogP contribution in [0.2, 0.25) is 0 Å². The van der Waals surface area contributed by atoms with Gasteiger partial charge in [0, 0.05) is 17.7 Å². The van der Waals surface area contributed by atoms with E-state index in [0.29, 0.717) is 5.69 Å². The molecule has 0 aliphatic heterocycles. The number of aromatic nitrogens is 2. The van der Waals surface area contributed by atoms with E-state index in [-0.39, 0.29) is 11.3 Å². The minimum absolute atomic E-state index is 0.164. The number of non-ortho nitro benzene ring substituents is 2. The van der Waals surface area contributed by atoms with Crippen LogP contribution in [0.1, 0.15) is 10.4 Å². The van der Waals surface area contributed by atoms with Gasteiger partial charge in [0.05, 0.1) is 44.4 Å². The van der Waals surface area contributed by atoms with E-state index in [1.54, 1.807) is 18.3 Å². The van der Waals surface area contributed by atoms with Crippen molar-refractivity contribution in [1.29, 1.82) is 0 Å². The fourth-order valence-corrected chi connectivity index (χ4v) is 2.88. The smallest absolute Gasteiger partial charge is 0.344 e. The highest BCUT2D eigenvalue weighted by Gasteiger charge is 2.21. The highest BCUT2D eigenvalue weighted by atomic mass is 16.6. The first-order valence-corrected chi connectivity index (χ1v) is 8.89. The largest absolute Gasteiger partial charge is 0.423 e. The van der Waals surface area contributed by atoms with Gasteiger partial charge in [0.1, 0.15) is 5.75 Å². The Hall–Kier alpha value is -4.73. The third-order valence-electron chi connectivity index (χ3n) is 4.37. The average molecular weight is 416 g/mol. The van der Waals surface area contributed by atoms with Crippen LogP contribution in [0.25, 0.3) is 22.3 Å². The molecule has 0 radical (unpaired) electrons. The number of fused-ring (bicyclic) bond motifs is 1. The lowest BCUT2D eigenvalue weighted by molar-refractivity contribution is -0.394. The van der Waals surface area contributed by atoms with E-state index in [1.165, 1.54) is 12.1 Å². The first kappa shape index (κ1) is 19.6. The summed E-state index contributed by atoms with van der Waals surface area (Å²) in [4.78, 5) is 41.6. The molecule has 0 saturated heterocycles. The average Bonchev–Trinajstić information content (AvgIpc) is 2.78. The van der Waals surface area contributed by atoms with E-state index < -0.39 is 27.2 Å². The Bertz CT molecular complexity index is 1310. The molecule has 0 bridgehead atoms. The number of para-hydroxylation sites is 2. The second kappa shape index (κ2) is 7.95. The minimum Gasteiger partial charge on any atom is -0.423 e. The van der Waals surface area contributed by atoms with Crippen molar-refractivity contribution in [1.82, 2.24) is 9.97 Å². The van der Waals surface area contributed by atoms with Gasteiger partial charge in [0.15, 0.2) is 0 Å². The van der Waals surface area contributed by atoms with Crippen molar-refractivity contribution in [3.8, 4) is 17.0 Å². The van der Waals surface area contributed by atoms with Crippen LogP contribution in [0.4, 0.5) is 11.4 Å². The lowest BCUT2D eigenvalue weighted by Gasteiger charge is -2.06. The fourth-order valence-electron chi connectivity index (χ4n) is 2.88. The zero-order chi connectivity index (χ0) is 22.0. The highest BCUT2D eigenvalue weighted by molar-refractivity contribution is 5.92. The molecule has 1 heterocycles. The minimum atomic E-state index is -0.954. The summed E-state index contributed by atoms with van der Waals surface area (Å²) in [5.74, 6) is -0.790. The molecule has 152 valence electrons. The van der Waals surface area contributed by atoms with Gasteiger partial charge in [-0.15, -0.1) is 0 Å². The van der Waals surface area contributed by atoms with Crippen molar-refractivity contribution in [2.45, 2.75) is 0 Å². The van der Waals surface area contributed by atoms with Crippen LogP contribution in [0, 0.1) is 20.2 Å². The lowest BCUT2D eigenvalue weighted by Crippen LogP contribution is -2.09. The van der Waals surface area contributed by atoms with Crippen molar-refractivity contribution in [3.63, 3.8) is 0 Å². The van der Waals surface area contributed by atoms with Crippen LogP contribution in [-0.2, 0) is 0 Å². The van der Waals surface area contributed by atoms with E-state index >= 15 is 0 Å². The number of ether oxygens (including phenoxy) is 1. The van der Waals surface area contributed by atoms with Crippen molar-refractivity contribution < 1.29 is 19.4 Å². The molecular weight excluding hydrogens is 404 g/mol. The second-order valence-electron chi connectivity index (χ2n) is 6.41. The Morgan fingerprint density at radius 2 is 1.45 bits per heavy atom. The summed E-state index contributed by atoms with van der Waals surface area (Å²) in [6.07, 6.45) is 1.63. The lowest BCUT2D eigenvalue weighted by atomic mass is 10.1. The summed E-state index contributed by atoms with van der Waals surface area (Å²) >= 11 is 0. The molecule has 0 aliphatic carbocycles. The summed E-state index contributed by atoms with van der Waals surface area (Å²) in [5, 5.41) is 22.0. The molecule has 0 saturated carbocycles. The highest BCUT2D eigenvalue weighted by Crippen LogP contribution is 2.25. The summed E-state index contributed by atoms with van der Waals surface area (Å²) in [6.45, 7) is 0. The molecular formula is C21H12N4O6. The third-order valence-corrected chi connectivity index (χ3v) is 4.37. The van der Waals surface area contributed by atoms with Gasteiger partial charge in [-0.3, -0.25) is 25.2 Å². The Balaban J connectivity index is 1.57. The maximum atomic E-state index is 12.4. The quantitative estimate of drug-likeness (QED) is 0.203. The molecule has 0 amide bonds. The van der Waals surface area contributed by atoms with Crippen molar-refractivity contribution in [2.24, 2.45) is 0 Å². The van der Waals surface area contributed by atoms with Gasteiger partial charge >= 0.3 is 5.97 Å². The molecule has 0 aliphatic rings. The molecule has 4 aromatic rings. The molecule has 4 rings (SSSR count). The first-order chi connectivity index (χ1) is 14.9. The molecule has 3 aromatic carbocycles. The molecule has 10 heteroatoms. The van der Waals surface area contributed by atoms with Gasteiger partial charge < -0.3 is 4.74 Å². The number of rotatable bonds is 5. The normalized spacial score (nSPS) is 10.6. The molecule has 0 atom stereocenters. The Kier molecular flexibility index (Phi) is 5.02. The number of carbonyl (C=O) groups excluding carboxylic acids is 1.